The monoisotopic (exact) mass is 692 g/mol. The Morgan fingerprint density at radius 1 is 0.900 bits per heavy atom. The van der Waals surface area contributed by atoms with Crippen LogP contribution < -0.4 is 0 Å². The van der Waals surface area contributed by atoms with E-state index in [0.29, 0.717) is 12.0 Å². The fraction of sp³-hybridized carbons (Fsp3) is 0.590. The van der Waals surface area contributed by atoms with Gasteiger partial charge in [0.25, 0.3) is 0 Å². The molecule has 1 aromatic heterocycles. The highest BCUT2D eigenvalue weighted by Gasteiger charge is 2.77. The van der Waals surface area contributed by atoms with Crippen molar-refractivity contribution in [1.82, 2.24) is 0 Å². The molecule has 2 saturated carbocycles. The number of hydrogen-bond donors (Lipinski definition) is 0. The number of allylic oxidation sites excluding steroid dienone is 1. The minimum Gasteiger partial charge on any atom is -0.472 e. The van der Waals surface area contributed by atoms with Crippen LogP contribution in [0.4, 0.5) is 0 Å². The Balaban J connectivity index is 1.63. The molecule has 1 aromatic carbocycles. The molecule has 270 valence electrons. The predicted molar refractivity (Wildman–Crippen MR) is 179 cm³/mol. The van der Waals surface area contributed by atoms with Crippen LogP contribution in [0.2, 0.25) is 0 Å². The summed E-state index contributed by atoms with van der Waals surface area (Å²) in [6.45, 7) is 11.0. The maximum atomic E-state index is 14.1. The van der Waals surface area contributed by atoms with Crippen molar-refractivity contribution in [2.75, 3.05) is 20.8 Å². The summed E-state index contributed by atoms with van der Waals surface area (Å²) in [4.78, 5) is 53.1. The molecule has 0 unspecified atom stereocenters. The van der Waals surface area contributed by atoms with Gasteiger partial charge in [-0.15, -0.1) is 0 Å². The van der Waals surface area contributed by atoms with Crippen LogP contribution in [0.3, 0.4) is 0 Å². The zero-order valence-corrected chi connectivity index (χ0v) is 30.1. The van der Waals surface area contributed by atoms with E-state index < -0.39 is 82.5 Å². The van der Waals surface area contributed by atoms with Crippen molar-refractivity contribution in [3.05, 3.63) is 71.2 Å². The van der Waals surface area contributed by atoms with Gasteiger partial charge in [0.15, 0.2) is 0 Å². The summed E-state index contributed by atoms with van der Waals surface area (Å²) < 4.78 is 42.7. The number of hydrogen-bond acceptors (Lipinski definition) is 11. The minimum atomic E-state index is -1.12. The highest BCUT2D eigenvalue weighted by molar-refractivity contribution is 5.89. The van der Waals surface area contributed by atoms with E-state index in [1.807, 2.05) is 32.9 Å². The van der Waals surface area contributed by atoms with Crippen molar-refractivity contribution in [1.29, 1.82) is 0 Å². The van der Waals surface area contributed by atoms with Crippen molar-refractivity contribution in [2.45, 2.75) is 97.2 Å². The number of furan rings is 1. The molecule has 0 spiro atoms. The predicted octanol–water partition coefficient (Wildman–Crippen LogP) is 5.82. The van der Waals surface area contributed by atoms with E-state index in [0.717, 1.165) is 16.7 Å². The summed E-state index contributed by atoms with van der Waals surface area (Å²) in [6.07, 6.45) is 0.513. The fourth-order valence-electron chi connectivity index (χ4n) is 10.5. The zero-order chi connectivity index (χ0) is 36.2. The highest BCUT2D eigenvalue weighted by Crippen LogP contribution is 2.72. The summed E-state index contributed by atoms with van der Waals surface area (Å²) in [5, 5.41) is 0. The van der Waals surface area contributed by atoms with Gasteiger partial charge in [-0.25, -0.2) is 4.79 Å². The Hall–Kier alpha value is -3.96. The van der Waals surface area contributed by atoms with Gasteiger partial charge >= 0.3 is 23.9 Å². The van der Waals surface area contributed by atoms with Gasteiger partial charge in [0.1, 0.15) is 18.3 Å². The van der Waals surface area contributed by atoms with Crippen molar-refractivity contribution >= 4 is 23.9 Å². The molecule has 6 rings (SSSR count). The number of esters is 4. The number of methoxy groups -OCH3 is 2. The SMILES string of the molecule is COC(=O)C[C@H]1[C@](C)(C2=C(C)[C@H](c3ccoc3)C[C@@H]2OC)[C@H](OC(=O)c2ccccc2)[C@@H]2OC[C@]3(C)[C@H](OC(C)=O)C[C@H](OC(C)=O)[C@@]1(C)[C@@H]23. The van der Waals surface area contributed by atoms with Crippen molar-refractivity contribution < 1.29 is 52.0 Å². The second kappa shape index (κ2) is 13.3. The maximum Gasteiger partial charge on any atom is 0.338 e. The molecule has 2 heterocycles. The van der Waals surface area contributed by atoms with Crippen LogP contribution in [-0.4, -0.2) is 75.2 Å². The largest absolute Gasteiger partial charge is 0.472 e. The lowest BCUT2D eigenvalue weighted by Gasteiger charge is -2.66. The molecule has 0 amide bonds. The van der Waals surface area contributed by atoms with Crippen molar-refractivity contribution in [2.24, 2.45) is 28.1 Å². The Kier molecular flexibility index (Phi) is 9.54. The Morgan fingerprint density at radius 3 is 2.18 bits per heavy atom. The standard InChI is InChI=1S/C39H48O11/c1-21-26(25-14-15-46-19-25)16-27(44-7)32(21)39(6)28(17-31(42)45-8)38(5)30(49-23(3)41)18-29(48-22(2)40)37(4)20-47-33(34(37)38)35(39)50-36(43)24-12-10-9-11-13-24/h9-15,19,26-30,33-35H,16-18,20H2,1-8H3/t26-,27+,28-,29-,30+,33-,34+,35-,37-,38+,39-/m1/s1. The van der Waals surface area contributed by atoms with E-state index >= 15 is 0 Å². The van der Waals surface area contributed by atoms with Crippen LogP contribution in [0.15, 0.2) is 64.5 Å². The van der Waals surface area contributed by atoms with Crippen molar-refractivity contribution in [3.63, 3.8) is 0 Å². The fourth-order valence-corrected chi connectivity index (χ4v) is 10.5. The lowest BCUT2D eigenvalue weighted by atomic mass is 9.39. The third-order valence-corrected chi connectivity index (χ3v) is 12.5. The second-order valence-electron chi connectivity index (χ2n) is 15.0. The van der Waals surface area contributed by atoms with Gasteiger partial charge in [0, 0.05) is 61.9 Å². The van der Waals surface area contributed by atoms with Crippen LogP contribution in [-0.2, 0) is 42.8 Å². The van der Waals surface area contributed by atoms with E-state index in [1.165, 1.54) is 21.0 Å². The van der Waals surface area contributed by atoms with E-state index in [2.05, 4.69) is 6.92 Å². The molecule has 50 heavy (non-hydrogen) atoms. The average Bonchev–Trinajstić information content (AvgIpc) is 3.82. The van der Waals surface area contributed by atoms with E-state index in [1.54, 1.807) is 43.9 Å². The summed E-state index contributed by atoms with van der Waals surface area (Å²) >= 11 is 0. The van der Waals surface area contributed by atoms with Gasteiger partial charge in [-0.1, -0.05) is 44.5 Å². The first kappa shape index (κ1) is 35.9. The van der Waals surface area contributed by atoms with Crippen LogP contribution >= 0.6 is 0 Å². The Morgan fingerprint density at radius 2 is 1.58 bits per heavy atom. The molecule has 0 bridgehead atoms. The van der Waals surface area contributed by atoms with E-state index in [4.69, 9.17) is 32.8 Å². The Labute approximate surface area is 292 Å². The molecule has 11 heteroatoms. The molecular formula is C39H48O11. The highest BCUT2D eigenvalue weighted by atomic mass is 16.6. The van der Waals surface area contributed by atoms with Gasteiger partial charge in [-0.2, -0.15) is 0 Å². The lowest BCUT2D eigenvalue weighted by molar-refractivity contribution is -0.256. The quantitative estimate of drug-likeness (QED) is 0.179. The average molecular weight is 693 g/mol. The van der Waals surface area contributed by atoms with Gasteiger partial charge < -0.3 is 32.8 Å². The normalized spacial score (nSPS) is 37.5. The topological polar surface area (TPSA) is 137 Å². The summed E-state index contributed by atoms with van der Waals surface area (Å²) in [5.41, 5.74) is 0.391. The third-order valence-electron chi connectivity index (χ3n) is 12.5. The first-order valence-corrected chi connectivity index (χ1v) is 17.3. The van der Waals surface area contributed by atoms with E-state index in [9.17, 15) is 19.2 Å². The van der Waals surface area contributed by atoms with Crippen LogP contribution in [0.25, 0.3) is 0 Å². The van der Waals surface area contributed by atoms with Gasteiger partial charge in [0.2, 0.25) is 0 Å². The molecule has 11 nitrogen and oxygen atoms in total. The smallest absolute Gasteiger partial charge is 0.338 e. The maximum absolute atomic E-state index is 14.1. The molecule has 1 aliphatic heterocycles. The van der Waals surface area contributed by atoms with Gasteiger partial charge in [0.05, 0.1) is 44.0 Å². The number of carbonyl (C=O) groups excluding carboxylic acids is 4. The number of rotatable bonds is 9. The van der Waals surface area contributed by atoms with Crippen LogP contribution in [0, 0.1) is 28.1 Å². The molecule has 11 atom stereocenters. The third kappa shape index (κ3) is 5.57. The molecule has 1 saturated heterocycles. The summed E-state index contributed by atoms with van der Waals surface area (Å²) in [5.74, 6) is -3.16. The number of benzene rings is 1. The molecule has 3 fully saturated rings. The summed E-state index contributed by atoms with van der Waals surface area (Å²) in [7, 11) is 3.00. The second-order valence-corrected chi connectivity index (χ2v) is 15.0. The van der Waals surface area contributed by atoms with E-state index in [-0.39, 0.29) is 25.4 Å². The summed E-state index contributed by atoms with van der Waals surface area (Å²) in [6, 6.07) is 10.7. The van der Waals surface area contributed by atoms with Crippen LogP contribution in [0.5, 0.6) is 0 Å². The van der Waals surface area contributed by atoms with Gasteiger partial charge in [-0.05, 0) is 48.6 Å². The molecular weight excluding hydrogens is 644 g/mol. The van der Waals surface area contributed by atoms with Crippen LogP contribution in [0.1, 0.15) is 82.6 Å². The Bertz CT molecular complexity index is 1650. The number of carbonyl (C=O) groups is 4. The van der Waals surface area contributed by atoms with Crippen molar-refractivity contribution in [3.8, 4) is 0 Å². The first-order chi connectivity index (χ1) is 23.7. The molecule has 2 aromatic rings. The number of ether oxygens (including phenoxy) is 6. The molecule has 4 aliphatic rings. The zero-order valence-electron chi connectivity index (χ0n) is 30.1. The minimum absolute atomic E-state index is 0.0703. The van der Waals surface area contributed by atoms with Gasteiger partial charge in [-0.3, -0.25) is 14.4 Å². The molecule has 3 aliphatic carbocycles. The molecule has 0 radical (unpaired) electrons. The molecule has 0 N–H and O–H groups in total. The lowest BCUT2D eigenvalue weighted by Crippen LogP contribution is -2.72. The first-order valence-electron chi connectivity index (χ1n) is 17.3.